The molecule has 0 saturated heterocycles. The van der Waals surface area contributed by atoms with Crippen molar-refractivity contribution in [1.82, 2.24) is 9.78 Å². The molecule has 1 aromatic rings. The molecular weight excluding hydrogens is 297 g/mol. The summed E-state index contributed by atoms with van der Waals surface area (Å²) in [6.45, 7) is 2.59. The van der Waals surface area contributed by atoms with Gasteiger partial charge in [-0.2, -0.15) is 18.3 Å². The van der Waals surface area contributed by atoms with Gasteiger partial charge in [0.1, 0.15) is 6.61 Å². The molecule has 0 saturated carbocycles. The summed E-state index contributed by atoms with van der Waals surface area (Å²) in [6, 6.07) is 0. The van der Waals surface area contributed by atoms with Crippen LogP contribution in [0.15, 0.2) is 0 Å². The van der Waals surface area contributed by atoms with Gasteiger partial charge in [-0.15, -0.1) is 0 Å². The molecule has 0 bridgehead atoms. The van der Waals surface area contributed by atoms with Crippen molar-refractivity contribution in [1.29, 1.82) is 0 Å². The Kier molecular flexibility index (Phi) is 6.29. The summed E-state index contributed by atoms with van der Waals surface area (Å²) in [4.78, 5) is 0. The maximum Gasteiger partial charge on any atom is 0.411 e. The number of nitrogens with zero attached hydrogens (tertiary/aromatic N) is 2. The third-order valence-corrected chi connectivity index (χ3v) is 3.14. The Hall–Kier alpha value is -0.790. The van der Waals surface area contributed by atoms with Crippen molar-refractivity contribution < 1.29 is 23.0 Å². The second kappa shape index (κ2) is 7.28. The van der Waals surface area contributed by atoms with Crippen LogP contribution in [0.25, 0.3) is 0 Å². The molecule has 1 atom stereocenters. The van der Waals surface area contributed by atoms with E-state index in [1.54, 1.807) is 4.68 Å². The number of hydrogen-bond donors (Lipinski definition) is 1. The number of rotatable bonds is 7. The molecule has 8 heteroatoms. The molecule has 1 unspecified atom stereocenters. The third kappa shape index (κ3) is 4.96. The van der Waals surface area contributed by atoms with Crippen molar-refractivity contribution in [3.8, 4) is 0 Å². The number of aliphatic hydroxyl groups excluding tert-OH is 1. The van der Waals surface area contributed by atoms with E-state index in [0.717, 1.165) is 0 Å². The van der Waals surface area contributed by atoms with Crippen molar-refractivity contribution in [3.63, 3.8) is 0 Å². The molecule has 4 nitrogen and oxygen atoms in total. The summed E-state index contributed by atoms with van der Waals surface area (Å²) in [5.74, 6) is 0. The lowest BCUT2D eigenvalue weighted by atomic mass is 10.2. The average molecular weight is 315 g/mol. The van der Waals surface area contributed by atoms with Gasteiger partial charge in [-0.25, -0.2) is 0 Å². The van der Waals surface area contributed by atoms with Crippen molar-refractivity contribution in [3.05, 3.63) is 16.4 Å². The van der Waals surface area contributed by atoms with E-state index in [2.05, 4.69) is 9.84 Å². The van der Waals surface area contributed by atoms with E-state index >= 15 is 0 Å². The van der Waals surface area contributed by atoms with E-state index in [4.69, 9.17) is 11.6 Å². The van der Waals surface area contributed by atoms with Gasteiger partial charge in [-0.3, -0.25) is 4.68 Å². The Morgan fingerprint density at radius 1 is 1.40 bits per heavy atom. The van der Waals surface area contributed by atoms with Crippen molar-refractivity contribution in [2.75, 3.05) is 13.2 Å². The van der Waals surface area contributed by atoms with E-state index in [9.17, 15) is 18.3 Å². The van der Waals surface area contributed by atoms with Gasteiger partial charge >= 0.3 is 6.18 Å². The molecule has 0 aliphatic heterocycles. The molecule has 116 valence electrons. The number of hydrogen-bond acceptors (Lipinski definition) is 3. The fourth-order valence-electron chi connectivity index (χ4n) is 1.81. The van der Waals surface area contributed by atoms with E-state index < -0.39 is 25.5 Å². The summed E-state index contributed by atoms with van der Waals surface area (Å²) in [7, 11) is 0. The number of aliphatic hydroxyl groups is 1. The molecule has 0 aliphatic rings. The highest BCUT2D eigenvalue weighted by Crippen LogP contribution is 2.23. The predicted octanol–water partition coefficient (Wildman–Crippen LogP) is 2.60. The maximum atomic E-state index is 11.9. The summed E-state index contributed by atoms with van der Waals surface area (Å²) in [5.41, 5.74) is 1.33. The molecule has 1 N–H and O–H groups in total. The normalized spacial score (nSPS) is 13.8. The Morgan fingerprint density at radius 3 is 2.55 bits per heavy atom. The molecule has 0 aliphatic carbocycles. The average Bonchev–Trinajstić information content (AvgIpc) is 2.64. The molecule has 0 spiro atoms. The summed E-state index contributed by atoms with van der Waals surface area (Å²) >= 11 is 6.14. The van der Waals surface area contributed by atoms with Gasteiger partial charge in [0.15, 0.2) is 0 Å². The lowest BCUT2D eigenvalue weighted by Crippen LogP contribution is -2.25. The number of aromatic nitrogens is 2. The number of halogens is 4. The SMILES string of the molecule is CCc1nn(CC)c(CC(O)COCC(F)(F)F)c1Cl. The van der Waals surface area contributed by atoms with Gasteiger partial charge < -0.3 is 9.84 Å². The summed E-state index contributed by atoms with van der Waals surface area (Å²) in [5, 5.41) is 14.5. The minimum Gasteiger partial charge on any atom is -0.390 e. The van der Waals surface area contributed by atoms with E-state index in [-0.39, 0.29) is 6.42 Å². The fraction of sp³-hybridized carbons (Fsp3) is 0.750. The van der Waals surface area contributed by atoms with Crippen molar-refractivity contribution in [2.24, 2.45) is 0 Å². The highest BCUT2D eigenvalue weighted by molar-refractivity contribution is 6.31. The van der Waals surface area contributed by atoms with Crippen LogP contribution in [0.1, 0.15) is 25.2 Å². The highest BCUT2D eigenvalue weighted by atomic mass is 35.5. The second-order valence-corrected chi connectivity index (χ2v) is 4.74. The Bertz CT molecular complexity index is 435. The summed E-state index contributed by atoms with van der Waals surface area (Å²) < 4.78 is 41.8. The molecule has 1 heterocycles. The van der Waals surface area contributed by atoms with E-state index in [1.807, 2.05) is 13.8 Å². The van der Waals surface area contributed by atoms with Crippen LogP contribution in [-0.4, -0.2) is 40.4 Å². The lowest BCUT2D eigenvalue weighted by molar-refractivity contribution is -0.179. The Balaban J connectivity index is 2.61. The van der Waals surface area contributed by atoms with Crippen molar-refractivity contribution >= 4 is 11.6 Å². The minimum atomic E-state index is -4.39. The lowest BCUT2D eigenvalue weighted by Gasteiger charge is -2.13. The standard InChI is InChI=1S/C12H18ClF3N2O2/c1-3-9-11(13)10(18(4-2)17-9)5-8(19)6-20-7-12(14,15)16/h8,19H,3-7H2,1-2H3. The molecule has 0 aromatic carbocycles. The number of ether oxygens (including phenoxy) is 1. The Labute approximate surface area is 120 Å². The molecule has 20 heavy (non-hydrogen) atoms. The molecule has 0 fully saturated rings. The largest absolute Gasteiger partial charge is 0.411 e. The smallest absolute Gasteiger partial charge is 0.390 e. The van der Waals surface area contributed by atoms with Crippen LogP contribution in [0.3, 0.4) is 0 Å². The number of aryl methyl sites for hydroxylation is 2. The zero-order valence-electron chi connectivity index (χ0n) is 11.4. The first-order valence-corrected chi connectivity index (χ1v) is 6.72. The van der Waals surface area contributed by atoms with Gasteiger partial charge in [0.25, 0.3) is 0 Å². The van der Waals surface area contributed by atoms with Gasteiger partial charge in [0.2, 0.25) is 0 Å². The van der Waals surface area contributed by atoms with Crippen LogP contribution in [0.4, 0.5) is 13.2 Å². The molecule has 1 rings (SSSR count). The topological polar surface area (TPSA) is 47.3 Å². The van der Waals surface area contributed by atoms with Crippen LogP contribution in [0.2, 0.25) is 5.02 Å². The van der Waals surface area contributed by atoms with E-state index in [1.165, 1.54) is 0 Å². The van der Waals surface area contributed by atoms with Gasteiger partial charge in [0.05, 0.1) is 29.1 Å². The van der Waals surface area contributed by atoms with Crippen LogP contribution in [0.5, 0.6) is 0 Å². The fourth-order valence-corrected chi connectivity index (χ4v) is 2.15. The molecular formula is C12H18ClF3N2O2. The zero-order valence-corrected chi connectivity index (χ0v) is 12.1. The Morgan fingerprint density at radius 2 is 2.05 bits per heavy atom. The molecule has 0 radical (unpaired) electrons. The minimum absolute atomic E-state index is 0.109. The molecule has 0 amide bonds. The maximum absolute atomic E-state index is 11.9. The van der Waals surface area contributed by atoms with Crippen LogP contribution in [-0.2, 0) is 24.1 Å². The van der Waals surface area contributed by atoms with Crippen LogP contribution >= 0.6 is 11.6 Å². The van der Waals surface area contributed by atoms with Crippen LogP contribution < -0.4 is 0 Å². The van der Waals surface area contributed by atoms with Crippen molar-refractivity contribution in [2.45, 2.75) is 45.5 Å². The first-order valence-electron chi connectivity index (χ1n) is 6.35. The quantitative estimate of drug-likeness (QED) is 0.841. The summed E-state index contributed by atoms with van der Waals surface area (Å²) in [6.07, 6.45) is -4.68. The highest BCUT2D eigenvalue weighted by Gasteiger charge is 2.28. The zero-order chi connectivity index (χ0) is 15.3. The van der Waals surface area contributed by atoms with Crippen LogP contribution in [0, 0.1) is 0 Å². The first-order chi connectivity index (χ1) is 9.28. The third-order valence-electron chi connectivity index (χ3n) is 2.70. The monoisotopic (exact) mass is 314 g/mol. The second-order valence-electron chi connectivity index (χ2n) is 4.36. The molecule has 1 aromatic heterocycles. The van der Waals surface area contributed by atoms with Gasteiger partial charge in [-0.05, 0) is 13.3 Å². The van der Waals surface area contributed by atoms with E-state index in [0.29, 0.717) is 29.4 Å². The number of alkyl halides is 3. The van der Waals surface area contributed by atoms with Gasteiger partial charge in [0, 0.05) is 13.0 Å². The van der Waals surface area contributed by atoms with Gasteiger partial charge in [-0.1, -0.05) is 18.5 Å². The predicted molar refractivity (Wildman–Crippen MR) is 68.9 cm³/mol. The first kappa shape index (κ1) is 17.3.